The fourth-order valence-corrected chi connectivity index (χ4v) is 3.82. The average Bonchev–Trinajstić information content (AvgIpc) is 3.19. The summed E-state index contributed by atoms with van der Waals surface area (Å²) in [5.74, 6) is 1.65. The highest BCUT2D eigenvalue weighted by Gasteiger charge is 2.41. The number of rotatable bonds is 3. The number of halogens is 1. The van der Waals surface area contributed by atoms with Gasteiger partial charge < -0.3 is 15.0 Å². The van der Waals surface area contributed by atoms with Crippen molar-refractivity contribution in [3.05, 3.63) is 23.9 Å². The van der Waals surface area contributed by atoms with Crippen molar-refractivity contribution in [2.75, 3.05) is 27.2 Å². The number of hydrogen-bond donors (Lipinski definition) is 1. The Labute approximate surface area is 155 Å². The first-order valence-corrected chi connectivity index (χ1v) is 8.20. The summed E-state index contributed by atoms with van der Waals surface area (Å²) < 4.78 is 5.17. The van der Waals surface area contributed by atoms with Crippen molar-refractivity contribution in [2.24, 2.45) is 10.4 Å². The summed E-state index contributed by atoms with van der Waals surface area (Å²) in [6.07, 6.45) is 6.88. The van der Waals surface area contributed by atoms with Crippen molar-refractivity contribution in [3.63, 3.8) is 0 Å². The van der Waals surface area contributed by atoms with E-state index in [4.69, 9.17) is 4.74 Å². The normalized spacial score (nSPS) is 19.7. The van der Waals surface area contributed by atoms with E-state index < -0.39 is 0 Å². The van der Waals surface area contributed by atoms with Crippen molar-refractivity contribution in [3.8, 4) is 5.88 Å². The summed E-state index contributed by atoms with van der Waals surface area (Å²) in [6, 6.07) is 5.84. The first kappa shape index (κ1) is 18.3. The number of aliphatic imine (C=N–C) groups is 1. The Morgan fingerprint density at radius 2 is 2.13 bits per heavy atom. The SMILES string of the molecule is CN=C(NCc1cccc(OC)n1)N1CCC2(CCCC2)C1.I. The van der Waals surface area contributed by atoms with Crippen LogP contribution < -0.4 is 10.1 Å². The van der Waals surface area contributed by atoms with Gasteiger partial charge in [0.15, 0.2) is 5.96 Å². The minimum Gasteiger partial charge on any atom is -0.481 e. The first-order valence-electron chi connectivity index (χ1n) is 8.20. The van der Waals surface area contributed by atoms with Gasteiger partial charge in [-0.15, -0.1) is 24.0 Å². The standard InChI is InChI=1S/C17H26N4O.HI/c1-18-16(19-12-14-6-5-7-15(20-14)22-2)21-11-10-17(13-21)8-3-4-9-17;/h5-7H,3-4,8-13H2,1-2H3,(H,18,19);1H. The molecule has 0 aromatic carbocycles. The molecule has 128 valence electrons. The second-order valence-electron chi connectivity index (χ2n) is 6.45. The van der Waals surface area contributed by atoms with Crippen LogP contribution in [-0.2, 0) is 6.54 Å². The lowest BCUT2D eigenvalue weighted by atomic mass is 9.86. The van der Waals surface area contributed by atoms with Gasteiger partial charge in [-0.1, -0.05) is 18.9 Å². The van der Waals surface area contributed by atoms with E-state index in [2.05, 4.69) is 20.2 Å². The molecule has 23 heavy (non-hydrogen) atoms. The number of aromatic nitrogens is 1. The van der Waals surface area contributed by atoms with Crippen LogP contribution in [0.1, 0.15) is 37.8 Å². The Morgan fingerprint density at radius 1 is 1.35 bits per heavy atom. The molecule has 1 saturated carbocycles. The predicted molar refractivity (Wildman–Crippen MR) is 103 cm³/mol. The Kier molecular flexibility index (Phi) is 6.50. The van der Waals surface area contributed by atoms with Gasteiger partial charge in [0, 0.05) is 26.2 Å². The molecule has 2 aliphatic rings. The molecule has 0 amide bonds. The molecule has 2 fully saturated rings. The lowest BCUT2D eigenvalue weighted by molar-refractivity contribution is 0.309. The molecule has 5 nitrogen and oxygen atoms in total. The number of ether oxygens (including phenoxy) is 1. The number of pyridine rings is 1. The fourth-order valence-electron chi connectivity index (χ4n) is 3.82. The van der Waals surface area contributed by atoms with Crippen molar-refractivity contribution >= 4 is 29.9 Å². The maximum absolute atomic E-state index is 5.17. The third-order valence-corrected chi connectivity index (χ3v) is 5.03. The topological polar surface area (TPSA) is 49.8 Å². The lowest BCUT2D eigenvalue weighted by Gasteiger charge is -2.25. The lowest BCUT2D eigenvalue weighted by Crippen LogP contribution is -2.40. The molecule has 1 saturated heterocycles. The number of guanidine groups is 1. The second kappa shape index (κ2) is 8.17. The van der Waals surface area contributed by atoms with Crippen LogP contribution in [0.15, 0.2) is 23.2 Å². The first-order chi connectivity index (χ1) is 10.7. The summed E-state index contributed by atoms with van der Waals surface area (Å²) >= 11 is 0. The van der Waals surface area contributed by atoms with Crippen molar-refractivity contribution in [1.29, 1.82) is 0 Å². The molecule has 3 rings (SSSR count). The number of likely N-dealkylation sites (tertiary alicyclic amines) is 1. The summed E-state index contributed by atoms with van der Waals surface area (Å²) in [7, 11) is 3.50. The Bertz CT molecular complexity index is 543. The van der Waals surface area contributed by atoms with Crippen LogP contribution in [0.4, 0.5) is 0 Å². The van der Waals surface area contributed by atoms with Gasteiger partial charge in [0.05, 0.1) is 19.3 Å². The summed E-state index contributed by atoms with van der Waals surface area (Å²) in [6.45, 7) is 2.94. The molecule has 0 atom stereocenters. The number of nitrogens with one attached hydrogen (secondary N) is 1. The average molecular weight is 430 g/mol. The van der Waals surface area contributed by atoms with E-state index in [1.807, 2.05) is 25.2 Å². The zero-order valence-corrected chi connectivity index (χ0v) is 16.4. The van der Waals surface area contributed by atoms with Gasteiger partial charge in [0.1, 0.15) is 0 Å². The highest BCUT2D eigenvalue weighted by atomic mass is 127. The number of nitrogens with zero attached hydrogens (tertiary/aromatic N) is 3. The second-order valence-corrected chi connectivity index (χ2v) is 6.45. The zero-order valence-electron chi connectivity index (χ0n) is 14.0. The quantitative estimate of drug-likeness (QED) is 0.455. The van der Waals surface area contributed by atoms with Gasteiger partial charge in [-0.25, -0.2) is 4.98 Å². The van der Waals surface area contributed by atoms with Crippen LogP contribution in [-0.4, -0.2) is 43.1 Å². The van der Waals surface area contributed by atoms with E-state index in [0.29, 0.717) is 17.8 Å². The van der Waals surface area contributed by atoms with Crippen LogP contribution in [0.3, 0.4) is 0 Å². The van der Waals surface area contributed by atoms with E-state index in [1.54, 1.807) is 7.11 Å². The van der Waals surface area contributed by atoms with Gasteiger partial charge in [0.2, 0.25) is 5.88 Å². The molecule has 1 aliphatic heterocycles. The van der Waals surface area contributed by atoms with Crippen LogP contribution in [0.2, 0.25) is 0 Å². The van der Waals surface area contributed by atoms with Crippen LogP contribution in [0.25, 0.3) is 0 Å². The van der Waals surface area contributed by atoms with Crippen molar-refractivity contribution in [1.82, 2.24) is 15.2 Å². The molecule has 0 unspecified atom stereocenters. The molecule has 1 spiro atoms. The highest BCUT2D eigenvalue weighted by Crippen LogP contribution is 2.45. The minimum atomic E-state index is 0. The van der Waals surface area contributed by atoms with Crippen molar-refractivity contribution in [2.45, 2.75) is 38.6 Å². The van der Waals surface area contributed by atoms with Crippen LogP contribution in [0, 0.1) is 5.41 Å². The number of hydrogen-bond acceptors (Lipinski definition) is 3. The van der Waals surface area contributed by atoms with Crippen LogP contribution in [0.5, 0.6) is 5.88 Å². The molecule has 1 aliphatic carbocycles. The molecule has 0 bridgehead atoms. The van der Waals surface area contributed by atoms with Gasteiger partial charge in [0.25, 0.3) is 0 Å². The molecule has 0 radical (unpaired) electrons. The van der Waals surface area contributed by atoms with E-state index in [1.165, 1.54) is 32.1 Å². The van der Waals surface area contributed by atoms with Crippen LogP contribution >= 0.6 is 24.0 Å². The highest BCUT2D eigenvalue weighted by molar-refractivity contribution is 14.0. The predicted octanol–water partition coefficient (Wildman–Crippen LogP) is 3.05. The molecule has 1 N–H and O–H groups in total. The smallest absolute Gasteiger partial charge is 0.213 e. The maximum Gasteiger partial charge on any atom is 0.213 e. The molecule has 1 aromatic heterocycles. The van der Waals surface area contributed by atoms with Gasteiger partial charge in [-0.05, 0) is 30.7 Å². The number of methoxy groups -OCH3 is 1. The largest absolute Gasteiger partial charge is 0.481 e. The third kappa shape index (κ3) is 4.28. The third-order valence-electron chi connectivity index (χ3n) is 5.03. The van der Waals surface area contributed by atoms with Gasteiger partial charge in [-0.2, -0.15) is 0 Å². The van der Waals surface area contributed by atoms with Gasteiger partial charge >= 0.3 is 0 Å². The Balaban J connectivity index is 0.00000192. The van der Waals surface area contributed by atoms with E-state index >= 15 is 0 Å². The Hall–Kier alpha value is -1.05. The van der Waals surface area contributed by atoms with E-state index in [-0.39, 0.29) is 24.0 Å². The summed E-state index contributed by atoms with van der Waals surface area (Å²) in [5, 5.41) is 3.44. The molecular weight excluding hydrogens is 403 g/mol. The minimum absolute atomic E-state index is 0. The molecule has 1 aromatic rings. The maximum atomic E-state index is 5.17. The summed E-state index contributed by atoms with van der Waals surface area (Å²) in [5.41, 5.74) is 1.53. The fraction of sp³-hybridized carbons (Fsp3) is 0.647. The van der Waals surface area contributed by atoms with E-state index in [0.717, 1.165) is 24.7 Å². The van der Waals surface area contributed by atoms with Gasteiger partial charge in [-0.3, -0.25) is 4.99 Å². The molecule has 2 heterocycles. The molecule has 6 heteroatoms. The molecular formula is C17H27IN4O. The zero-order chi connectivity index (χ0) is 15.4. The van der Waals surface area contributed by atoms with Crippen molar-refractivity contribution < 1.29 is 4.74 Å². The Morgan fingerprint density at radius 3 is 2.83 bits per heavy atom. The monoisotopic (exact) mass is 430 g/mol. The summed E-state index contributed by atoms with van der Waals surface area (Å²) in [4.78, 5) is 11.3. The van der Waals surface area contributed by atoms with E-state index in [9.17, 15) is 0 Å².